The number of hydrogen-bond acceptors (Lipinski definition) is 2. The lowest BCUT2D eigenvalue weighted by atomic mass is 10.0. The summed E-state index contributed by atoms with van der Waals surface area (Å²) < 4.78 is 19.6. The molecule has 0 saturated heterocycles. The van der Waals surface area contributed by atoms with Gasteiger partial charge in [-0.25, -0.2) is 4.39 Å². The number of Topliss-reactive ketones (excluding diaryl/α,β-unsaturated/α-hetero) is 1. The van der Waals surface area contributed by atoms with Crippen LogP contribution in [0.15, 0.2) is 46.9 Å². The largest absolute Gasteiger partial charge is 0.497 e. The lowest BCUT2D eigenvalue weighted by molar-refractivity contribution is 0.0992. The molecule has 0 aliphatic rings. The highest BCUT2D eigenvalue weighted by Gasteiger charge is 2.11. The van der Waals surface area contributed by atoms with Gasteiger partial charge in [0.2, 0.25) is 0 Å². The van der Waals surface area contributed by atoms with Gasteiger partial charge in [0.05, 0.1) is 7.11 Å². The Labute approximate surface area is 119 Å². The van der Waals surface area contributed by atoms with E-state index < -0.39 is 5.82 Å². The lowest BCUT2D eigenvalue weighted by Gasteiger charge is -2.05. The summed E-state index contributed by atoms with van der Waals surface area (Å²) in [6.45, 7) is 0. The summed E-state index contributed by atoms with van der Waals surface area (Å²) in [6, 6.07) is 11.5. The first kappa shape index (κ1) is 13.7. The van der Waals surface area contributed by atoms with Crippen molar-refractivity contribution in [2.45, 2.75) is 6.42 Å². The maximum Gasteiger partial charge on any atom is 0.167 e. The van der Waals surface area contributed by atoms with Gasteiger partial charge in [0, 0.05) is 22.5 Å². The van der Waals surface area contributed by atoms with E-state index in [9.17, 15) is 9.18 Å². The van der Waals surface area contributed by atoms with Gasteiger partial charge in [-0.05, 0) is 23.8 Å². The first-order valence-electron chi connectivity index (χ1n) is 5.71. The zero-order valence-corrected chi connectivity index (χ0v) is 11.9. The quantitative estimate of drug-likeness (QED) is 0.795. The van der Waals surface area contributed by atoms with E-state index in [1.54, 1.807) is 36.4 Å². The minimum absolute atomic E-state index is 0.0391. The van der Waals surface area contributed by atoms with E-state index in [-0.39, 0.29) is 12.2 Å². The molecule has 2 aromatic rings. The molecule has 0 aliphatic heterocycles. The van der Waals surface area contributed by atoms with Crippen LogP contribution in [0.5, 0.6) is 5.75 Å². The van der Waals surface area contributed by atoms with Crippen molar-refractivity contribution in [3.8, 4) is 5.75 Å². The molecule has 0 spiro atoms. The van der Waals surface area contributed by atoms with E-state index in [2.05, 4.69) is 15.9 Å². The van der Waals surface area contributed by atoms with Crippen molar-refractivity contribution in [3.05, 3.63) is 63.9 Å². The number of carbonyl (C=O) groups excluding carboxylic acids is 1. The third-order valence-corrected chi connectivity index (χ3v) is 3.31. The van der Waals surface area contributed by atoms with Gasteiger partial charge in [0.1, 0.15) is 11.6 Å². The van der Waals surface area contributed by atoms with Crippen LogP contribution in [0.3, 0.4) is 0 Å². The van der Waals surface area contributed by atoms with Crippen LogP contribution in [0.2, 0.25) is 0 Å². The first-order chi connectivity index (χ1) is 9.10. The Balaban J connectivity index is 2.17. The first-order valence-corrected chi connectivity index (χ1v) is 6.50. The predicted octanol–water partition coefficient (Wildman–Crippen LogP) is 4.02. The van der Waals surface area contributed by atoms with Crippen LogP contribution in [0.1, 0.15) is 15.9 Å². The molecule has 0 unspecified atom stereocenters. The van der Waals surface area contributed by atoms with E-state index >= 15 is 0 Å². The Morgan fingerprint density at radius 3 is 2.47 bits per heavy atom. The van der Waals surface area contributed by atoms with Crippen molar-refractivity contribution in [2.75, 3.05) is 7.11 Å². The molecular weight excluding hydrogens is 311 g/mol. The van der Waals surface area contributed by atoms with E-state index in [1.807, 2.05) is 0 Å². The zero-order valence-electron chi connectivity index (χ0n) is 10.3. The third-order valence-electron chi connectivity index (χ3n) is 2.78. The van der Waals surface area contributed by atoms with Gasteiger partial charge in [-0.2, -0.15) is 0 Å². The van der Waals surface area contributed by atoms with Gasteiger partial charge < -0.3 is 4.74 Å². The summed E-state index contributed by atoms with van der Waals surface area (Å²) in [5, 5.41) is 0. The van der Waals surface area contributed by atoms with Crippen LogP contribution in [-0.2, 0) is 6.42 Å². The Bertz CT molecular complexity index is 594. The number of hydrogen-bond donors (Lipinski definition) is 0. The average molecular weight is 323 g/mol. The summed E-state index contributed by atoms with van der Waals surface area (Å²) in [4.78, 5) is 12.0. The van der Waals surface area contributed by atoms with Gasteiger partial charge >= 0.3 is 0 Å². The highest BCUT2D eigenvalue weighted by Crippen LogP contribution is 2.18. The summed E-state index contributed by atoms with van der Waals surface area (Å²) in [6.07, 6.45) is 0.0391. The molecule has 0 radical (unpaired) electrons. The number of halogens is 2. The second-order valence-electron chi connectivity index (χ2n) is 4.06. The number of ketones is 1. The van der Waals surface area contributed by atoms with Gasteiger partial charge in [-0.15, -0.1) is 0 Å². The molecule has 0 aromatic heterocycles. The molecule has 0 saturated carbocycles. The van der Waals surface area contributed by atoms with Crippen LogP contribution in [0.4, 0.5) is 4.39 Å². The van der Waals surface area contributed by atoms with Crippen molar-refractivity contribution >= 4 is 21.7 Å². The Morgan fingerprint density at radius 1 is 1.21 bits per heavy atom. The monoisotopic (exact) mass is 322 g/mol. The summed E-state index contributed by atoms with van der Waals surface area (Å²) in [5.74, 6) is -0.0984. The van der Waals surface area contributed by atoms with Crippen molar-refractivity contribution in [2.24, 2.45) is 0 Å². The second-order valence-corrected chi connectivity index (χ2v) is 4.98. The highest BCUT2D eigenvalue weighted by molar-refractivity contribution is 9.10. The van der Waals surface area contributed by atoms with Crippen LogP contribution in [-0.4, -0.2) is 12.9 Å². The number of rotatable bonds is 4. The summed E-state index contributed by atoms with van der Waals surface area (Å²) in [7, 11) is 1.47. The molecule has 98 valence electrons. The molecule has 0 heterocycles. The van der Waals surface area contributed by atoms with Gasteiger partial charge in [0.15, 0.2) is 5.78 Å². The third kappa shape index (κ3) is 3.41. The zero-order chi connectivity index (χ0) is 13.8. The molecule has 2 nitrogen and oxygen atoms in total. The van der Waals surface area contributed by atoms with Crippen molar-refractivity contribution in [3.63, 3.8) is 0 Å². The smallest absolute Gasteiger partial charge is 0.167 e. The fourth-order valence-electron chi connectivity index (χ4n) is 1.71. The molecule has 2 aromatic carbocycles. The Hall–Kier alpha value is -1.68. The fourth-order valence-corrected chi connectivity index (χ4v) is 1.97. The van der Waals surface area contributed by atoms with E-state index in [0.717, 1.165) is 4.47 Å². The number of methoxy groups -OCH3 is 1. The normalized spacial score (nSPS) is 10.3. The number of ether oxygens (including phenoxy) is 1. The molecule has 19 heavy (non-hydrogen) atoms. The molecule has 0 N–H and O–H groups in total. The topological polar surface area (TPSA) is 26.3 Å². The van der Waals surface area contributed by atoms with Crippen molar-refractivity contribution in [1.82, 2.24) is 0 Å². The van der Waals surface area contributed by atoms with Crippen LogP contribution >= 0.6 is 15.9 Å². The Kier molecular flexibility index (Phi) is 4.32. The maximum atomic E-state index is 13.7. The standard InChI is InChI=1S/C15H12BrFO2/c1-19-13-7-4-11(14(17)9-13)8-15(18)10-2-5-12(16)6-3-10/h2-7,9H,8H2,1H3. The second kappa shape index (κ2) is 5.97. The van der Waals surface area contributed by atoms with Crippen LogP contribution in [0, 0.1) is 5.82 Å². The van der Waals surface area contributed by atoms with Crippen LogP contribution < -0.4 is 4.74 Å². The van der Waals surface area contributed by atoms with Crippen molar-refractivity contribution in [1.29, 1.82) is 0 Å². The van der Waals surface area contributed by atoms with E-state index in [4.69, 9.17) is 4.74 Å². The molecule has 0 bridgehead atoms. The van der Waals surface area contributed by atoms with Gasteiger partial charge in [-0.1, -0.05) is 34.1 Å². The van der Waals surface area contributed by atoms with Crippen molar-refractivity contribution < 1.29 is 13.9 Å². The number of carbonyl (C=O) groups is 1. The summed E-state index contributed by atoms with van der Waals surface area (Å²) >= 11 is 3.30. The molecule has 0 atom stereocenters. The molecular formula is C15H12BrFO2. The SMILES string of the molecule is COc1ccc(CC(=O)c2ccc(Br)cc2)c(F)c1. The van der Waals surface area contributed by atoms with E-state index in [1.165, 1.54) is 13.2 Å². The highest BCUT2D eigenvalue weighted by atomic mass is 79.9. The van der Waals surface area contributed by atoms with Crippen LogP contribution in [0.25, 0.3) is 0 Å². The van der Waals surface area contributed by atoms with Gasteiger partial charge in [-0.3, -0.25) is 4.79 Å². The molecule has 4 heteroatoms. The minimum Gasteiger partial charge on any atom is -0.497 e. The maximum absolute atomic E-state index is 13.7. The number of benzene rings is 2. The molecule has 0 aliphatic carbocycles. The summed E-state index contributed by atoms with van der Waals surface area (Å²) in [5.41, 5.74) is 0.937. The average Bonchev–Trinajstić information content (AvgIpc) is 2.41. The molecule has 2 rings (SSSR count). The molecule has 0 amide bonds. The Morgan fingerprint density at radius 2 is 1.89 bits per heavy atom. The van der Waals surface area contributed by atoms with E-state index in [0.29, 0.717) is 16.9 Å². The lowest BCUT2D eigenvalue weighted by Crippen LogP contribution is -2.05. The predicted molar refractivity (Wildman–Crippen MR) is 75.1 cm³/mol. The molecule has 0 fully saturated rings. The van der Waals surface area contributed by atoms with Gasteiger partial charge in [0.25, 0.3) is 0 Å². The minimum atomic E-state index is -0.426. The fraction of sp³-hybridized carbons (Fsp3) is 0.133.